The number of carboxylic acids is 1. The first-order valence-corrected chi connectivity index (χ1v) is 25.7. The molecular formula is C38H42Cl3F3N7O16PS2. The first-order valence-electron chi connectivity index (χ1n) is 18.9. The number of fused-ring (bicyclic) bond motifs is 1. The van der Waals surface area contributed by atoms with Gasteiger partial charge < -0.3 is 43.1 Å². The Balaban J connectivity index is 0.000000380. The number of rotatable bonds is 16. The number of carbonyl (C=O) groups is 3. The summed E-state index contributed by atoms with van der Waals surface area (Å²) in [5, 5.41) is 24.5. The summed E-state index contributed by atoms with van der Waals surface area (Å²) in [5.74, 6) is -3.14. The highest BCUT2D eigenvalue weighted by atomic mass is 35.5. The summed E-state index contributed by atoms with van der Waals surface area (Å²) in [5.41, 5.74) is -1.46. The van der Waals surface area contributed by atoms with Crippen molar-refractivity contribution < 1.29 is 84.0 Å². The lowest BCUT2D eigenvalue weighted by atomic mass is 10.1. The number of carbonyl (C=O) groups excluding carboxylic acids is 2. The van der Waals surface area contributed by atoms with Gasteiger partial charge in [-0.15, -0.1) is 5.10 Å². The lowest BCUT2D eigenvalue weighted by molar-refractivity contribution is -0.385. The zero-order valence-electron chi connectivity index (χ0n) is 37.4. The first kappa shape index (κ1) is 60.4. The topological polar surface area (TPSA) is 322 Å². The molecule has 384 valence electrons. The molecule has 23 nitrogen and oxygen atoms in total. The van der Waals surface area contributed by atoms with Gasteiger partial charge in [0.05, 0.1) is 89.7 Å². The van der Waals surface area contributed by atoms with Crippen LogP contribution in [0.5, 0.6) is 23.3 Å². The molecule has 0 aliphatic heterocycles. The summed E-state index contributed by atoms with van der Waals surface area (Å²) >= 11 is 18.0. The van der Waals surface area contributed by atoms with Gasteiger partial charge in [-0.3, -0.25) is 24.9 Å². The maximum Gasteiger partial charge on any atom is 0.416 e. The second-order valence-corrected chi connectivity index (χ2v) is 20.3. The van der Waals surface area contributed by atoms with Gasteiger partial charge in [-0.2, -0.15) is 36.1 Å². The molecule has 0 aliphatic carbocycles. The Bertz CT molecular complexity index is 2820. The largest absolute Gasteiger partial charge is 0.778 e. The summed E-state index contributed by atoms with van der Waals surface area (Å²) in [6.45, 7) is 2.07. The standard InChI is InChI=1S/C18H13ClF3NO7.C14H13Cl2N5O4S.C3H8NO5P.C3H9S/c1-2-28-16(24)9-29-17(25)12-8-11(4-5-14(12)23(26)27)30-15-6-3-10(7-13(15)19)18(20,21)22;1-7-4-5-8(15)12(11(7)16)20-26(22,23)14-18-13-17-9(24-2)6-10(25-3)21(13)19-14;5-3(6)1-4-2-10(7,8)9;1-4(2)3/h3-8H,2,9H2,1H3;4-6,20H,1-3H3;4H,1-2H2,(H,5,6)(H2,7,8,9);1-3H3/q;;;+1/p-1. The molecule has 0 saturated carbocycles. The summed E-state index contributed by atoms with van der Waals surface area (Å²) in [6, 6.07) is 10.0. The van der Waals surface area contributed by atoms with E-state index in [2.05, 4.69) is 43.3 Å². The lowest BCUT2D eigenvalue weighted by Crippen LogP contribution is -2.25. The molecule has 0 aliphatic rings. The Morgan fingerprint density at radius 3 is 2.14 bits per heavy atom. The zero-order chi connectivity index (χ0) is 53.3. The summed E-state index contributed by atoms with van der Waals surface area (Å²) in [6.07, 6.45) is 1.27. The van der Waals surface area contributed by atoms with Crippen LogP contribution < -0.4 is 29.1 Å². The molecule has 2 heterocycles. The van der Waals surface area contributed by atoms with E-state index in [9.17, 15) is 55.5 Å². The number of hydrogen-bond donors (Lipinski definition) is 4. The molecule has 70 heavy (non-hydrogen) atoms. The van der Waals surface area contributed by atoms with E-state index in [1.165, 1.54) is 33.3 Å². The second kappa shape index (κ2) is 27.0. The molecule has 1 atom stereocenters. The smallest absolute Gasteiger partial charge is 0.416 e. The number of benzene rings is 3. The molecule has 0 bridgehead atoms. The van der Waals surface area contributed by atoms with Crippen molar-refractivity contribution in [2.75, 3.05) is 63.8 Å². The highest BCUT2D eigenvalue weighted by Crippen LogP contribution is 2.38. The Morgan fingerprint density at radius 1 is 0.971 bits per heavy atom. The van der Waals surface area contributed by atoms with E-state index in [0.717, 1.165) is 34.8 Å². The number of nitro groups is 1. The molecule has 2 aromatic heterocycles. The van der Waals surface area contributed by atoms with Crippen LogP contribution in [0.2, 0.25) is 15.1 Å². The van der Waals surface area contributed by atoms with Crippen molar-refractivity contribution in [1.29, 1.82) is 0 Å². The number of nitrogens with one attached hydrogen (secondary N) is 2. The monoisotopic (exact) mass is 1110 g/mol. The number of alkyl halides is 3. The van der Waals surface area contributed by atoms with E-state index in [1.54, 1.807) is 13.0 Å². The molecule has 4 N–H and O–H groups in total. The molecule has 5 aromatic rings. The Hall–Kier alpha value is -5.71. The van der Waals surface area contributed by atoms with E-state index in [1.807, 2.05) is 5.32 Å². The third kappa shape index (κ3) is 19.6. The van der Waals surface area contributed by atoms with Crippen LogP contribution in [0.3, 0.4) is 0 Å². The number of nitrogens with zero attached hydrogens (tertiary/aromatic N) is 5. The van der Waals surface area contributed by atoms with Crippen molar-refractivity contribution in [1.82, 2.24) is 24.9 Å². The number of nitro benzene ring substituents is 1. The Kier molecular flexibility index (Phi) is 23.3. The van der Waals surface area contributed by atoms with Crippen molar-refractivity contribution in [2.45, 2.75) is 25.2 Å². The zero-order valence-corrected chi connectivity index (χ0v) is 42.2. The number of aliphatic carboxylic acids is 1. The van der Waals surface area contributed by atoms with Crippen LogP contribution in [-0.4, -0.2) is 120 Å². The molecular weight excluding hydrogens is 1070 g/mol. The number of anilines is 1. The number of methoxy groups -OCH3 is 2. The van der Waals surface area contributed by atoms with Gasteiger partial charge in [0.15, 0.2) is 6.61 Å². The molecule has 0 fully saturated rings. The summed E-state index contributed by atoms with van der Waals surface area (Å²) in [4.78, 5) is 69.5. The summed E-state index contributed by atoms with van der Waals surface area (Å²) in [7, 11) is -5.08. The fraction of sp³-hybridized carbons (Fsp3) is 0.316. The molecule has 1 unspecified atom stereocenters. The highest BCUT2D eigenvalue weighted by Gasteiger charge is 2.31. The minimum Gasteiger partial charge on any atom is -0.778 e. The van der Waals surface area contributed by atoms with Gasteiger partial charge in [-0.05, 0) is 60.6 Å². The molecule has 3 aromatic carbocycles. The number of aryl methyl sites for hydroxylation is 1. The van der Waals surface area contributed by atoms with Crippen LogP contribution in [0.15, 0.2) is 59.8 Å². The Labute approximate surface area is 414 Å². The van der Waals surface area contributed by atoms with Gasteiger partial charge in [0, 0.05) is 12.1 Å². The van der Waals surface area contributed by atoms with E-state index in [0.29, 0.717) is 22.5 Å². The van der Waals surface area contributed by atoms with Gasteiger partial charge >= 0.3 is 24.1 Å². The highest BCUT2D eigenvalue weighted by molar-refractivity contribution is 7.94. The van der Waals surface area contributed by atoms with Crippen molar-refractivity contribution in [3.8, 4) is 23.3 Å². The number of carboxylic acid groups (broad SMARTS) is 1. The predicted molar refractivity (Wildman–Crippen MR) is 248 cm³/mol. The van der Waals surface area contributed by atoms with Crippen LogP contribution in [0.25, 0.3) is 5.78 Å². The van der Waals surface area contributed by atoms with Crippen LogP contribution >= 0.6 is 42.4 Å². The fourth-order valence-corrected chi connectivity index (χ4v) is 6.75. The molecule has 5 rings (SSSR count). The third-order valence-electron chi connectivity index (χ3n) is 7.50. The van der Waals surface area contributed by atoms with Crippen LogP contribution in [-0.2, 0) is 50.7 Å². The normalized spacial score (nSPS) is 11.8. The molecule has 32 heteroatoms. The van der Waals surface area contributed by atoms with E-state index in [4.69, 9.17) is 63.8 Å². The third-order valence-corrected chi connectivity index (χ3v) is 10.3. The molecule has 0 saturated heterocycles. The van der Waals surface area contributed by atoms with Crippen molar-refractivity contribution in [3.05, 3.63) is 96.5 Å². The number of esters is 2. The minimum atomic E-state index is -4.61. The van der Waals surface area contributed by atoms with Gasteiger partial charge in [-0.1, -0.05) is 40.9 Å². The van der Waals surface area contributed by atoms with Crippen molar-refractivity contribution in [3.63, 3.8) is 0 Å². The quantitative estimate of drug-likeness (QED) is 0.0289. The van der Waals surface area contributed by atoms with Gasteiger partial charge in [0.2, 0.25) is 11.8 Å². The number of hydrogen-bond acceptors (Lipinski definition) is 18. The van der Waals surface area contributed by atoms with Crippen LogP contribution in [0.1, 0.15) is 28.4 Å². The van der Waals surface area contributed by atoms with Crippen molar-refractivity contribution in [2.24, 2.45) is 0 Å². The lowest BCUT2D eigenvalue weighted by Gasteiger charge is -2.14. The number of halogens is 6. The van der Waals surface area contributed by atoms with Crippen LogP contribution in [0, 0.1) is 17.0 Å². The van der Waals surface area contributed by atoms with Crippen LogP contribution in [0.4, 0.5) is 24.5 Å². The minimum absolute atomic E-state index is 0.0111. The predicted octanol–water partition coefficient (Wildman–Crippen LogP) is 5.99. The number of ether oxygens (including phenoxy) is 5. The van der Waals surface area contributed by atoms with Gasteiger partial charge in [0.1, 0.15) is 24.7 Å². The van der Waals surface area contributed by atoms with Gasteiger partial charge in [-0.25, -0.2) is 9.59 Å². The first-order chi connectivity index (χ1) is 32.4. The summed E-state index contributed by atoms with van der Waals surface area (Å²) < 4.78 is 102. The average molecular weight is 1110 g/mol. The van der Waals surface area contributed by atoms with Crippen molar-refractivity contribution >= 4 is 98.4 Å². The maximum atomic E-state index is 12.7. The van der Waals surface area contributed by atoms with E-state index < -0.39 is 88.0 Å². The molecule has 0 amide bonds. The Morgan fingerprint density at radius 2 is 1.61 bits per heavy atom. The average Bonchev–Trinajstić information content (AvgIpc) is 3.71. The second-order valence-electron chi connectivity index (χ2n) is 13.5. The number of sulfonamides is 1. The van der Waals surface area contributed by atoms with E-state index >= 15 is 0 Å². The maximum absolute atomic E-state index is 12.7. The molecule has 0 radical (unpaired) electrons. The van der Waals surface area contributed by atoms with E-state index in [-0.39, 0.29) is 56.4 Å². The molecule has 0 spiro atoms. The SMILES string of the molecule is CCOC(=O)COC(=O)c1cc(Oc2ccc(C(F)(F)F)cc2Cl)ccc1[N+](=O)[O-].COc1cc(OC)n2nc(S(=O)(=O)Nc3c(Cl)ccc(C)c3Cl)nc2n1.C[S+](C)C.O=C(O)CNCP(=O)([O-])O. The number of aromatic nitrogens is 4. The fourth-order valence-electron chi connectivity index (χ4n) is 4.59. The van der Waals surface area contributed by atoms with Gasteiger partial charge in [0.25, 0.3) is 26.6 Å².